The predicted molar refractivity (Wildman–Crippen MR) is 148 cm³/mol. The Balaban J connectivity index is 1.32. The maximum atomic E-state index is 13.7. The molecule has 1 amide bonds. The van der Waals surface area contributed by atoms with Crippen LogP contribution in [-0.4, -0.2) is 74.3 Å². The number of rotatable bonds is 7. The van der Waals surface area contributed by atoms with Gasteiger partial charge < -0.3 is 9.64 Å². The number of carbonyl (C=O) groups excluding carboxylic acids is 1. The van der Waals surface area contributed by atoms with E-state index in [0.29, 0.717) is 56.9 Å². The average molecular weight is 534 g/mol. The van der Waals surface area contributed by atoms with E-state index in [4.69, 9.17) is 4.74 Å². The van der Waals surface area contributed by atoms with Crippen LogP contribution in [0, 0.1) is 6.92 Å². The molecule has 2 aliphatic rings. The highest BCUT2D eigenvalue weighted by Crippen LogP contribution is 2.33. The normalized spacial score (nSPS) is 19.1. The van der Waals surface area contributed by atoms with Crippen LogP contribution >= 0.6 is 0 Å². The van der Waals surface area contributed by atoms with Crippen LogP contribution in [0.25, 0.3) is 0 Å². The molecule has 0 bridgehead atoms. The highest BCUT2D eigenvalue weighted by molar-refractivity contribution is 7.89. The molecule has 8 heteroatoms. The second-order valence-electron chi connectivity index (χ2n) is 9.99. The van der Waals surface area contributed by atoms with Crippen molar-refractivity contribution in [2.45, 2.75) is 36.7 Å². The van der Waals surface area contributed by atoms with Crippen LogP contribution in [-0.2, 0) is 14.8 Å². The van der Waals surface area contributed by atoms with E-state index >= 15 is 0 Å². The van der Waals surface area contributed by atoms with Gasteiger partial charge >= 0.3 is 0 Å². The standard InChI is InChI=1S/C30H35N3O4S/c1-23-15-16-26(37-2)22-28(23)38(35,36)33-17-9-14-27(33)30(34)32-20-18-31(19-21-32)29(24-10-5-3-6-11-24)25-12-7-4-8-13-25/h3-8,10-13,15-16,22,27,29H,9,14,17-21H2,1-2H3/t27-/m0/s1. The molecule has 2 heterocycles. The number of benzene rings is 3. The van der Waals surface area contributed by atoms with Gasteiger partial charge in [0, 0.05) is 38.8 Å². The van der Waals surface area contributed by atoms with Crippen LogP contribution in [0.15, 0.2) is 83.8 Å². The lowest BCUT2D eigenvalue weighted by atomic mass is 9.96. The van der Waals surface area contributed by atoms with Gasteiger partial charge in [0.25, 0.3) is 0 Å². The summed E-state index contributed by atoms with van der Waals surface area (Å²) >= 11 is 0. The fourth-order valence-electron chi connectivity index (χ4n) is 5.68. The van der Waals surface area contributed by atoms with Gasteiger partial charge in [-0.05, 0) is 42.5 Å². The van der Waals surface area contributed by atoms with E-state index in [1.165, 1.54) is 22.5 Å². The molecule has 0 spiro atoms. The monoisotopic (exact) mass is 533 g/mol. The maximum absolute atomic E-state index is 13.7. The van der Waals surface area contributed by atoms with Crippen LogP contribution in [0.5, 0.6) is 5.75 Å². The van der Waals surface area contributed by atoms with E-state index in [-0.39, 0.29) is 16.8 Å². The number of sulfonamides is 1. The summed E-state index contributed by atoms with van der Waals surface area (Å²) in [6, 6.07) is 25.4. The van der Waals surface area contributed by atoms with Gasteiger partial charge in [-0.2, -0.15) is 4.31 Å². The third kappa shape index (κ3) is 5.21. The Bertz CT molecular complexity index is 1320. The van der Waals surface area contributed by atoms with Crippen molar-refractivity contribution in [3.8, 4) is 5.75 Å². The molecule has 0 saturated carbocycles. The van der Waals surface area contributed by atoms with Crippen molar-refractivity contribution < 1.29 is 17.9 Å². The summed E-state index contributed by atoms with van der Waals surface area (Å²) in [6.45, 7) is 4.69. The Kier molecular flexibility index (Phi) is 7.83. The fraction of sp³-hybridized carbons (Fsp3) is 0.367. The van der Waals surface area contributed by atoms with Gasteiger partial charge in [0.2, 0.25) is 15.9 Å². The third-order valence-electron chi connectivity index (χ3n) is 7.69. The van der Waals surface area contributed by atoms with Crippen LogP contribution in [0.4, 0.5) is 0 Å². The summed E-state index contributed by atoms with van der Waals surface area (Å²) in [7, 11) is -2.32. The molecule has 38 heavy (non-hydrogen) atoms. The van der Waals surface area contributed by atoms with Gasteiger partial charge in [0.05, 0.1) is 18.0 Å². The molecule has 0 aliphatic carbocycles. The first kappa shape index (κ1) is 26.4. The summed E-state index contributed by atoms with van der Waals surface area (Å²) in [5.74, 6) is 0.390. The van der Waals surface area contributed by atoms with Crippen molar-refractivity contribution in [1.82, 2.24) is 14.1 Å². The zero-order valence-corrected chi connectivity index (χ0v) is 22.8. The molecule has 5 rings (SSSR count). The number of nitrogens with zero attached hydrogens (tertiary/aromatic N) is 3. The van der Waals surface area contributed by atoms with Gasteiger partial charge in [0.1, 0.15) is 11.8 Å². The van der Waals surface area contributed by atoms with Gasteiger partial charge in [-0.15, -0.1) is 0 Å². The molecule has 1 atom stereocenters. The molecule has 200 valence electrons. The molecular formula is C30H35N3O4S. The van der Waals surface area contributed by atoms with Crippen molar-refractivity contribution >= 4 is 15.9 Å². The minimum atomic E-state index is -3.84. The van der Waals surface area contributed by atoms with E-state index in [9.17, 15) is 13.2 Å². The quantitative estimate of drug-likeness (QED) is 0.458. The van der Waals surface area contributed by atoms with Crippen LogP contribution in [0.2, 0.25) is 0 Å². The second kappa shape index (κ2) is 11.3. The number of methoxy groups -OCH3 is 1. The largest absolute Gasteiger partial charge is 0.497 e. The molecule has 7 nitrogen and oxygen atoms in total. The van der Waals surface area contributed by atoms with E-state index < -0.39 is 16.1 Å². The smallest absolute Gasteiger partial charge is 0.244 e. The molecule has 2 fully saturated rings. The van der Waals surface area contributed by atoms with Crippen molar-refractivity contribution in [3.63, 3.8) is 0 Å². The van der Waals surface area contributed by atoms with Gasteiger partial charge in [-0.25, -0.2) is 8.42 Å². The lowest BCUT2D eigenvalue weighted by Crippen LogP contribution is -2.54. The summed E-state index contributed by atoms with van der Waals surface area (Å²) in [6.07, 6.45) is 1.21. The number of aryl methyl sites for hydroxylation is 1. The highest BCUT2D eigenvalue weighted by Gasteiger charge is 2.42. The number of hydrogen-bond donors (Lipinski definition) is 0. The van der Waals surface area contributed by atoms with E-state index in [2.05, 4.69) is 53.4 Å². The van der Waals surface area contributed by atoms with E-state index in [1.807, 2.05) is 17.0 Å². The molecule has 0 radical (unpaired) electrons. The molecule has 3 aromatic carbocycles. The lowest BCUT2D eigenvalue weighted by Gasteiger charge is -2.41. The molecule has 0 N–H and O–H groups in total. The summed E-state index contributed by atoms with van der Waals surface area (Å²) < 4.78 is 34.0. The zero-order valence-electron chi connectivity index (χ0n) is 22.0. The minimum absolute atomic E-state index is 0.0951. The predicted octanol–water partition coefficient (Wildman–Crippen LogP) is 4.09. The Labute approximate surface area is 225 Å². The maximum Gasteiger partial charge on any atom is 0.244 e. The molecule has 2 saturated heterocycles. The van der Waals surface area contributed by atoms with Crippen molar-refractivity contribution in [2.75, 3.05) is 39.8 Å². The molecular weight excluding hydrogens is 498 g/mol. The topological polar surface area (TPSA) is 70.2 Å². The van der Waals surface area contributed by atoms with Crippen LogP contribution < -0.4 is 4.74 Å². The molecule has 2 aliphatic heterocycles. The third-order valence-corrected chi connectivity index (χ3v) is 9.74. The van der Waals surface area contributed by atoms with Crippen LogP contribution in [0.3, 0.4) is 0 Å². The average Bonchev–Trinajstić information content (AvgIpc) is 3.46. The Morgan fingerprint density at radius 2 is 1.47 bits per heavy atom. The highest BCUT2D eigenvalue weighted by atomic mass is 32.2. The Morgan fingerprint density at radius 3 is 2.05 bits per heavy atom. The number of piperazine rings is 1. The summed E-state index contributed by atoms with van der Waals surface area (Å²) in [5.41, 5.74) is 3.09. The Hall–Kier alpha value is -3.20. The lowest BCUT2D eigenvalue weighted by molar-refractivity contribution is -0.136. The number of carbonyl (C=O) groups is 1. The first-order valence-electron chi connectivity index (χ1n) is 13.2. The molecule has 0 aromatic heterocycles. The second-order valence-corrected chi connectivity index (χ2v) is 11.8. The first-order chi connectivity index (χ1) is 18.4. The van der Waals surface area contributed by atoms with Crippen LogP contribution in [0.1, 0.15) is 35.6 Å². The summed E-state index contributed by atoms with van der Waals surface area (Å²) in [5, 5.41) is 0. The van der Waals surface area contributed by atoms with E-state index in [0.717, 1.165) is 0 Å². The van der Waals surface area contributed by atoms with Crippen molar-refractivity contribution in [2.24, 2.45) is 0 Å². The SMILES string of the molecule is COc1ccc(C)c(S(=O)(=O)N2CCC[C@H]2C(=O)N2CCN(C(c3ccccc3)c3ccccc3)CC2)c1. The van der Waals surface area contributed by atoms with Crippen molar-refractivity contribution in [3.05, 3.63) is 95.6 Å². The van der Waals surface area contributed by atoms with E-state index in [1.54, 1.807) is 25.1 Å². The summed E-state index contributed by atoms with van der Waals surface area (Å²) in [4.78, 5) is 18.2. The molecule has 3 aromatic rings. The van der Waals surface area contributed by atoms with Crippen molar-refractivity contribution in [1.29, 1.82) is 0 Å². The number of hydrogen-bond acceptors (Lipinski definition) is 5. The Morgan fingerprint density at radius 1 is 0.868 bits per heavy atom. The number of ether oxygens (including phenoxy) is 1. The fourth-order valence-corrected chi connectivity index (χ4v) is 7.57. The zero-order chi connectivity index (χ0) is 26.7. The van der Waals surface area contributed by atoms with Gasteiger partial charge in [0.15, 0.2) is 0 Å². The van der Waals surface area contributed by atoms with Gasteiger partial charge in [-0.1, -0.05) is 66.7 Å². The number of amides is 1. The first-order valence-corrected chi connectivity index (χ1v) is 14.6. The minimum Gasteiger partial charge on any atom is -0.497 e. The van der Waals surface area contributed by atoms with Gasteiger partial charge in [-0.3, -0.25) is 9.69 Å². The molecule has 0 unspecified atom stereocenters.